The maximum atomic E-state index is 11.3. The van der Waals surface area contributed by atoms with Gasteiger partial charge in [0.2, 0.25) is 5.82 Å². The zero-order valence-corrected chi connectivity index (χ0v) is 11.8. The monoisotopic (exact) mass is 266 g/mol. The van der Waals surface area contributed by atoms with E-state index in [1.807, 2.05) is 0 Å². The first kappa shape index (κ1) is 15.4. The largest absolute Gasteiger partial charge is 0.463 e. The molecule has 1 heterocycles. The van der Waals surface area contributed by atoms with Gasteiger partial charge in [0, 0.05) is 12.7 Å². The van der Waals surface area contributed by atoms with Crippen molar-refractivity contribution in [1.29, 1.82) is 0 Å². The standard InChI is InChI=1S/C13H22N4O2/c1-4-17(5-2)10-6-8-14-11-7-9-15-12(16-11)13(18)19-3/h7,9H,4-6,8,10H2,1-3H3,(H,14,15,16). The molecule has 0 atom stereocenters. The van der Waals surface area contributed by atoms with Gasteiger partial charge < -0.3 is 15.0 Å². The zero-order chi connectivity index (χ0) is 14.1. The van der Waals surface area contributed by atoms with Gasteiger partial charge in [0.25, 0.3) is 0 Å². The molecule has 0 saturated heterocycles. The number of carbonyl (C=O) groups excluding carboxylic acids is 1. The Morgan fingerprint density at radius 1 is 1.42 bits per heavy atom. The van der Waals surface area contributed by atoms with Crippen LogP contribution in [-0.2, 0) is 4.74 Å². The van der Waals surface area contributed by atoms with Crippen LogP contribution in [-0.4, -0.2) is 54.1 Å². The summed E-state index contributed by atoms with van der Waals surface area (Å²) in [5.41, 5.74) is 0. The molecule has 106 valence electrons. The summed E-state index contributed by atoms with van der Waals surface area (Å²) >= 11 is 0. The Bertz CT molecular complexity index is 394. The van der Waals surface area contributed by atoms with E-state index in [0.29, 0.717) is 5.82 Å². The van der Waals surface area contributed by atoms with Gasteiger partial charge in [-0.2, -0.15) is 0 Å². The van der Waals surface area contributed by atoms with Gasteiger partial charge in [0.15, 0.2) is 0 Å². The number of aromatic nitrogens is 2. The van der Waals surface area contributed by atoms with Crippen molar-refractivity contribution >= 4 is 11.8 Å². The van der Waals surface area contributed by atoms with Crippen LogP contribution in [0.3, 0.4) is 0 Å². The van der Waals surface area contributed by atoms with E-state index < -0.39 is 5.97 Å². The van der Waals surface area contributed by atoms with Crippen molar-refractivity contribution in [2.24, 2.45) is 0 Å². The number of esters is 1. The molecule has 0 saturated carbocycles. The number of rotatable bonds is 8. The van der Waals surface area contributed by atoms with E-state index >= 15 is 0 Å². The normalized spacial score (nSPS) is 10.5. The molecule has 1 aromatic heterocycles. The molecule has 1 aromatic rings. The molecule has 0 amide bonds. The highest BCUT2D eigenvalue weighted by Crippen LogP contribution is 2.03. The van der Waals surface area contributed by atoms with Crippen molar-refractivity contribution in [2.75, 3.05) is 38.6 Å². The van der Waals surface area contributed by atoms with Crippen molar-refractivity contribution < 1.29 is 9.53 Å². The molecule has 0 spiro atoms. The fourth-order valence-electron chi connectivity index (χ4n) is 1.71. The van der Waals surface area contributed by atoms with Crippen LogP contribution in [0, 0.1) is 0 Å². The van der Waals surface area contributed by atoms with Crippen LogP contribution in [0.25, 0.3) is 0 Å². The molecule has 1 rings (SSSR count). The van der Waals surface area contributed by atoms with Gasteiger partial charge in [-0.05, 0) is 32.1 Å². The predicted molar refractivity (Wildman–Crippen MR) is 74.3 cm³/mol. The summed E-state index contributed by atoms with van der Waals surface area (Å²) < 4.78 is 4.58. The SMILES string of the molecule is CCN(CC)CCCNc1ccnc(C(=O)OC)n1. The second kappa shape index (κ2) is 8.42. The number of nitrogens with one attached hydrogen (secondary N) is 1. The molecular formula is C13H22N4O2. The van der Waals surface area contributed by atoms with Crippen molar-refractivity contribution in [3.05, 3.63) is 18.1 Å². The minimum atomic E-state index is -0.521. The molecule has 0 bridgehead atoms. The molecule has 0 radical (unpaired) electrons. The summed E-state index contributed by atoms with van der Waals surface area (Å²) in [6, 6.07) is 1.74. The number of methoxy groups -OCH3 is 1. The number of ether oxygens (including phenoxy) is 1. The van der Waals surface area contributed by atoms with Crippen LogP contribution in [0.4, 0.5) is 5.82 Å². The quantitative estimate of drug-likeness (QED) is 0.567. The predicted octanol–water partition coefficient (Wildman–Crippen LogP) is 1.41. The molecule has 1 N–H and O–H groups in total. The van der Waals surface area contributed by atoms with Gasteiger partial charge in [-0.25, -0.2) is 14.8 Å². The third kappa shape index (κ3) is 5.21. The summed E-state index contributed by atoms with van der Waals surface area (Å²) in [5.74, 6) is 0.206. The van der Waals surface area contributed by atoms with Crippen molar-refractivity contribution in [3.63, 3.8) is 0 Å². The summed E-state index contributed by atoms with van der Waals surface area (Å²) in [5, 5.41) is 3.18. The molecule has 6 heteroatoms. The van der Waals surface area contributed by atoms with Crippen LogP contribution in [0.2, 0.25) is 0 Å². The lowest BCUT2D eigenvalue weighted by molar-refractivity contribution is 0.0587. The van der Waals surface area contributed by atoms with Crippen LogP contribution in [0.1, 0.15) is 30.9 Å². The first-order chi connectivity index (χ1) is 9.21. The third-order valence-electron chi connectivity index (χ3n) is 2.88. The molecule has 0 aliphatic rings. The smallest absolute Gasteiger partial charge is 0.376 e. The molecule has 0 unspecified atom stereocenters. The maximum Gasteiger partial charge on any atom is 0.376 e. The van der Waals surface area contributed by atoms with E-state index in [2.05, 4.69) is 38.8 Å². The number of anilines is 1. The highest BCUT2D eigenvalue weighted by molar-refractivity contribution is 5.85. The fourth-order valence-corrected chi connectivity index (χ4v) is 1.71. The first-order valence-electron chi connectivity index (χ1n) is 6.58. The highest BCUT2D eigenvalue weighted by Gasteiger charge is 2.09. The molecule has 0 aliphatic carbocycles. The average Bonchev–Trinajstić information content (AvgIpc) is 2.47. The number of hydrogen-bond acceptors (Lipinski definition) is 6. The molecule has 0 aromatic carbocycles. The topological polar surface area (TPSA) is 67.4 Å². The van der Waals surface area contributed by atoms with Crippen LogP contribution in [0.15, 0.2) is 12.3 Å². The lowest BCUT2D eigenvalue weighted by Gasteiger charge is -2.17. The van der Waals surface area contributed by atoms with Crippen LogP contribution >= 0.6 is 0 Å². The second-order valence-corrected chi connectivity index (χ2v) is 4.06. The van der Waals surface area contributed by atoms with Crippen molar-refractivity contribution in [2.45, 2.75) is 20.3 Å². The summed E-state index contributed by atoms with van der Waals surface area (Å²) in [6.07, 6.45) is 2.57. The lowest BCUT2D eigenvalue weighted by Crippen LogP contribution is -2.25. The molecule has 6 nitrogen and oxygen atoms in total. The van der Waals surface area contributed by atoms with Gasteiger partial charge in [-0.15, -0.1) is 0 Å². The second-order valence-electron chi connectivity index (χ2n) is 4.06. The Labute approximate surface area is 114 Å². The number of hydrogen-bond donors (Lipinski definition) is 1. The van der Waals surface area contributed by atoms with Crippen LogP contribution < -0.4 is 5.32 Å². The van der Waals surface area contributed by atoms with E-state index in [1.54, 1.807) is 12.3 Å². The maximum absolute atomic E-state index is 11.3. The molecule has 0 fully saturated rings. The zero-order valence-electron chi connectivity index (χ0n) is 11.8. The molecular weight excluding hydrogens is 244 g/mol. The van der Waals surface area contributed by atoms with E-state index in [9.17, 15) is 4.79 Å². The minimum Gasteiger partial charge on any atom is -0.463 e. The van der Waals surface area contributed by atoms with Crippen LogP contribution in [0.5, 0.6) is 0 Å². The van der Waals surface area contributed by atoms with Gasteiger partial charge in [0.05, 0.1) is 7.11 Å². The van der Waals surface area contributed by atoms with E-state index in [4.69, 9.17) is 0 Å². The highest BCUT2D eigenvalue weighted by atomic mass is 16.5. The number of carbonyl (C=O) groups is 1. The number of nitrogens with zero attached hydrogens (tertiary/aromatic N) is 3. The van der Waals surface area contributed by atoms with E-state index in [0.717, 1.165) is 32.6 Å². The van der Waals surface area contributed by atoms with E-state index in [1.165, 1.54) is 7.11 Å². The molecule has 0 aliphatic heterocycles. The van der Waals surface area contributed by atoms with Crippen molar-refractivity contribution in [1.82, 2.24) is 14.9 Å². The van der Waals surface area contributed by atoms with Gasteiger partial charge in [-0.1, -0.05) is 13.8 Å². The Morgan fingerprint density at radius 2 is 2.16 bits per heavy atom. The van der Waals surface area contributed by atoms with Gasteiger partial charge >= 0.3 is 5.97 Å². The van der Waals surface area contributed by atoms with Gasteiger partial charge in [-0.3, -0.25) is 0 Å². The minimum absolute atomic E-state index is 0.0799. The third-order valence-corrected chi connectivity index (χ3v) is 2.88. The summed E-state index contributed by atoms with van der Waals surface area (Å²) in [4.78, 5) is 21.6. The Balaban J connectivity index is 2.39. The average molecular weight is 266 g/mol. The Hall–Kier alpha value is -1.69. The molecule has 19 heavy (non-hydrogen) atoms. The summed E-state index contributed by atoms with van der Waals surface area (Å²) in [7, 11) is 1.32. The lowest BCUT2D eigenvalue weighted by atomic mass is 10.3. The Kier molecular flexibility index (Phi) is 6.81. The summed E-state index contributed by atoms with van der Waals surface area (Å²) in [6.45, 7) is 8.31. The Morgan fingerprint density at radius 3 is 2.79 bits per heavy atom. The van der Waals surface area contributed by atoms with E-state index in [-0.39, 0.29) is 5.82 Å². The van der Waals surface area contributed by atoms with Crippen molar-refractivity contribution in [3.8, 4) is 0 Å². The fraction of sp³-hybridized carbons (Fsp3) is 0.615. The first-order valence-corrected chi connectivity index (χ1v) is 6.58. The van der Waals surface area contributed by atoms with Gasteiger partial charge in [0.1, 0.15) is 5.82 Å².